The molecule has 2 aromatic carbocycles. The molecule has 0 saturated heterocycles. The molecule has 0 bridgehead atoms. The van der Waals surface area contributed by atoms with E-state index in [0.717, 1.165) is 40.1 Å². The predicted octanol–water partition coefficient (Wildman–Crippen LogP) is 4.74. The van der Waals surface area contributed by atoms with Crippen LogP contribution < -0.4 is 0 Å². The number of nitrogens with one attached hydrogen (secondary N) is 1. The van der Waals surface area contributed by atoms with Crippen LogP contribution in [-0.2, 0) is 20.0 Å². The van der Waals surface area contributed by atoms with Crippen LogP contribution in [0, 0.1) is 0 Å². The summed E-state index contributed by atoms with van der Waals surface area (Å²) in [7, 11) is 1.97. The topological polar surface area (TPSA) is 66.3 Å². The molecular weight excluding hydrogens is 386 g/mol. The van der Waals surface area contributed by atoms with E-state index in [1.807, 2.05) is 35.0 Å². The number of fused-ring (bicyclic) bond motifs is 2. The van der Waals surface area contributed by atoms with Gasteiger partial charge in [-0.25, -0.2) is 0 Å². The molecule has 0 unspecified atom stereocenters. The third-order valence-electron chi connectivity index (χ3n) is 6.00. The van der Waals surface area contributed by atoms with Gasteiger partial charge in [0.1, 0.15) is 0 Å². The normalized spacial score (nSPS) is 13.3. The smallest absolute Gasteiger partial charge is 0.254 e. The van der Waals surface area contributed by atoms with E-state index in [2.05, 4.69) is 47.5 Å². The standard InChI is InChI=1S/C25H23N5O/c1-4-16-14-18(8-9-21(16)26-2)25(31)30-13-11-19-22(15-30)28-29(3)24(19)20-7-5-6-17-10-12-27-23(17)20/h4-10,12,14,27H,1-2,11,13,15H2,3H3. The highest BCUT2D eigenvalue weighted by molar-refractivity contribution is 5.96. The minimum atomic E-state index is -0.0111. The second kappa shape index (κ2) is 7.40. The summed E-state index contributed by atoms with van der Waals surface area (Å²) in [6.07, 6.45) is 4.42. The van der Waals surface area contributed by atoms with Gasteiger partial charge in [-0.2, -0.15) is 5.10 Å². The first-order valence-corrected chi connectivity index (χ1v) is 10.2. The Balaban J connectivity index is 1.48. The molecule has 1 aliphatic heterocycles. The quantitative estimate of drug-likeness (QED) is 0.495. The van der Waals surface area contributed by atoms with E-state index in [1.54, 1.807) is 12.1 Å². The lowest BCUT2D eigenvalue weighted by molar-refractivity contribution is 0.0732. The van der Waals surface area contributed by atoms with Gasteiger partial charge in [-0.3, -0.25) is 14.5 Å². The minimum Gasteiger partial charge on any atom is -0.361 e. The van der Waals surface area contributed by atoms with Crippen LogP contribution in [0.15, 0.2) is 60.2 Å². The molecule has 0 spiro atoms. The number of para-hydroxylation sites is 1. The average molecular weight is 409 g/mol. The lowest BCUT2D eigenvalue weighted by Crippen LogP contribution is -2.36. The Morgan fingerprint density at radius 2 is 2.13 bits per heavy atom. The van der Waals surface area contributed by atoms with E-state index in [9.17, 15) is 4.79 Å². The van der Waals surface area contributed by atoms with Crippen molar-refractivity contribution < 1.29 is 4.79 Å². The molecule has 2 aromatic heterocycles. The Morgan fingerprint density at radius 3 is 2.94 bits per heavy atom. The van der Waals surface area contributed by atoms with E-state index < -0.39 is 0 Å². The van der Waals surface area contributed by atoms with E-state index in [4.69, 9.17) is 5.10 Å². The molecule has 6 nitrogen and oxygen atoms in total. The number of hydrogen-bond acceptors (Lipinski definition) is 3. The lowest BCUT2D eigenvalue weighted by atomic mass is 9.98. The van der Waals surface area contributed by atoms with Gasteiger partial charge in [-0.15, -0.1) is 0 Å². The van der Waals surface area contributed by atoms with Crippen molar-refractivity contribution in [2.75, 3.05) is 6.54 Å². The molecule has 3 heterocycles. The van der Waals surface area contributed by atoms with E-state index >= 15 is 0 Å². The zero-order valence-corrected chi connectivity index (χ0v) is 17.4. The minimum absolute atomic E-state index is 0.0111. The molecule has 1 amide bonds. The van der Waals surface area contributed by atoms with Gasteiger partial charge in [0.05, 0.1) is 29.1 Å². The van der Waals surface area contributed by atoms with Crippen molar-refractivity contribution in [3.63, 3.8) is 0 Å². The Bertz CT molecular complexity index is 1340. The Morgan fingerprint density at radius 1 is 1.26 bits per heavy atom. The van der Waals surface area contributed by atoms with Crippen molar-refractivity contribution in [1.82, 2.24) is 19.7 Å². The van der Waals surface area contributed by atoms with Crippen LogP contribution in [-0.4, -0.2) is 38.8 Å². The first-order chi connectivity index (χ1) is 15.1. The van der Waals surface area contributed by atoms with Gasteiger partial charge in [0.2, 0.25) is 0 Å². The number of aromatic amines is 1. The summed E-state index contributed by atoms with van der Waals surface area (Å²) in [4.78, 5) is 22.4. The second-order valence-corrected chi connectivity index (χ2v) is 7.76. The van der Waals surface area contributed by atoms with Crippen molar-refractivity contribution in [3.05, 3.63) is 77.6 Å². The van der Waals surface area contributed by atoms with Gasteiger partial charge in [-0.1, -0.05) is 30.9 Å². The number of hydrogen-bond donors (Lipinski definition) is 1. The van der Waals surface area contributed by atoms with Gasteiger partial charge in [-0.05, 0) is 37.4 Å². The second-order valence-electron chi connectivity index (χ2n) is 7.76. The molecule has 1 N–H and O–H groups in total. The molecule has 6 heteroatoms. The summed E-state index contributed by atoms with van der Waals surface area (Å²) in [6, 6.07) is 13.8. The number of aromatic nitrogens is 3. The Labute approximate surface area is 180 Å². The van der Waals surface area contributed by atoms with Crippen molar-refractivity contribution in [3.8, 4) is 11.3 Å². The molecule has 4 aromatic rings. The molecule has 0 atom stereocenters. The van der Waals surface area contributed by atoms with Gasteiger partial charge in [0, 0.05) is 47.4 Å². The van der Waals surface area contributed by atoms with Crippen molar-refractivity contribution in [1.29, 1.82) is 0 Å². The molecule has 31 heavy (non-hydrogen) atoms. The number of aryl methyl sites for hydroxylation is 1. The summed E-state index contributed by atoms with van der Waals surface area (Å²) in [6.45, 7) is 8.53. The number of carbonyl (C=O) groups excluding carboxylic acids is 1. The number of benzene rings is 2. The van der Waals surface area contributed by atoms with Crippen molar-refractivity contribution in [2.45, 2.75) is 13.0 Å². The molecule has 0 fully saturated rings. The predicted molar refractivity (Wildman–Crippen MR) is 125 cm³/mol. The van der Waals surface area contributed by atoms with Crippen LogP contribution in [0.1, 0.15) is 27.2 Å². The fourth-order valence-corrected chi connectivity index (χ4v) is 4.49. The highest BCUT2D eigenvalue weighted by Gasteiger charge is 2.28. The maximum atomic E-state index is 13.2. The number of H-pyrrole nitrogens is 1. The summed E-state index contributed by atoms with van der Waals surface area (Å²) in [5.41, 5.74) is 7.68. The van der Waals surface area contributed by atoms with Gasteiger partial charge in [0.15, 0.2) is 0 Å². The van der Waals surface area contributed by atoms with Crippen LogP contribution in [0.4, 0.5) is 5.69 Å². The number of amides is 1. The highest BCUT2D eigenvalue weighted by Crippen LogP contribution is 2.34. The maximum absolute atomic E-state index is 13.2. The molecule has 154 valence electrons. The average Bonchev–Trinajstić information content (AvgIpc) is 3.41. The fraction of sp³-hybridized carbons (Fsp3) is 0.160. The summed E-state index contributed by atoms with van der Waals surface area (Å²) >= 11 is 0. The van der Waals surface area contributed by atoms with Gasteiger partial charge < -0.3 is 9.88 Å². The molecule has 0 radical (unpaired) electrons. The van der Waals surface area contributed by atoms with Gasteiger partial charge >= 0.3 is 0 Å². The van der Waals surface area contributed by atoms with E-state index in [-0.39, 0.29) is 5.91 Å². The third kappa shape index (κ3) is 3.08. The summed E-state index contributed by atoms with van der Waals surface area (Å²) < 4.78 is 1.94. The van der Waals surface area contributed by atoms with E-state index in [0.29, 0.717) is 18.7 Å². The summed E-state index contributed by atoms with van der Waals surface area (Å²) in [5, 5.41) is 5.95. The number of carbonyl (C=O) groups is 1. The zero-order chi connectivity index (χ0) is 21.5. The van der Waals surface area contributed by atoms with Crippen LogP contribution in [0.25, 0.3) is 28.2 Å². The third-order valence-corrected chi connectivity index (χ3v) is 6.00. The first kappa shape index (κ1) is 19.1. The Kier molecular flexibility index (Phi) is 4.55. The summed E-state index contributed by atoms with van der Waals surface area (Å²) in [5.74, 6) is -0.0111. The molecule has 5 rings (SSSR count). The highest BCUT2D eigenvalue weighted by atomic mass is 16.2. The largest absolute Gasteiger partial charge is 0.361 e. The Hall–Kier alpha value is -3.93. The number of nitrogens with zero attached hydrogens (tertiary/aromatic N) is 4. The molecular formula is C25H23N5O. The number of rotatable bonds is 4. The maximum Gasteiger partial charge on any atom is 0.254 e. The van der Waals surface area contributed by atoms with Crippen LogP contribution >= 0.6 is 0 Å². The molecule has 0 aliphatic carbocycles. The van der Waals surface area contributed by atoms with Crippen LogP contribution in [0.5, 0.6) is 0 Å². The van der Waals surface area contributed by atoms with Gasteiger partial charge in [0.25, 0.3) is 5.91 Å². The fourth-order valence-electron chi connectivity index (χ4n) is 4.49. The molecule has 0 saturated carbocycles. The van der Waals surface area contributed by atoms with E-state index in [1.165, 1.54) is 10.9 Å². The van der Waals surface area contributed by atoms with Crippen LogP contribution in [0.3, 0.4) is 0 Å². The first-order valence-electron chi connectivity index (χ1n) is 10.2. The SMILES string of the molecule is C=Cc1cc(C(=O)N2CCc3c(nn(C)c3-c3cccc4cc[nH]c34)C2)ccc1N=C. The van der Waals surface area contributed by atoms with Crippen LogP contribution in [0.2, 0.25) is 0 Å². The number of aliphatic imine (C=N–C) groups is 1. The zero-order valence-electron chi connectivity index (χ0n) is 17.4. The lowest BCUT2D eigenvalue weighted by Gasteiger charge is -2.27. The molecule has 1 aliphatic rings. The van der Waals surface area contributed by atoms with Crippen molar-refractivity contribution >= 4 is 35.3 Å². The van der Waals surface area contributed by atoms with Crippen molar-refractivity contribution in [2.24, 2.45) is 12.0 Å². The monoisotopic (exact) mass is 409 g/mol.